The third kappa shape index (κ3) is 7.34. The van der Waals surface area contributed by atoms with Gasteiger partial charge in [-0.15, -0.1) is 0 Å². The van der Waals surface area contributed by atoms with E-state index in [4.69, 9.17) is 4.42 Å². The van der Waals surface area contributed by atoms with Crippen molar-refractivity contribution >= 4 is 60.8 Å². The fourth-order valence-corrected chi connectivity index (χ4v) is 10.2. The lowest BCUT2D eigenvalue weighted by Gasteiger charge is -2.26. The third-order valence-corrected chi connectivity index (χ3v) is 13.6. The molecule has 0 atom stereocenters. The Bertz CT molecular complexity index is 3930. The van der Waals surface area contributed by atoms with Crippen molar-refractivity contribution in [2.75, 3.05) is 4.90 Å². The van der Waals surface area contributed by atoms with E-state index < -0.39 is 0 Å². The van der Waals surface area contributed by atoms with Crippen molar-refractivity contribution in [2.45, 2.75) is 0 Å². The summed E-state index contributed by atoms with van der Waals surface area (Å²) in [5, 5.41) is 4.77. The molecule has 2 aromatic heterocycles. The number of aromatic nitrogens is 1. The highest BCUT2D eigenvalue weighted by Gasteiger charge is 2.17. The van der Waals surface area contributed by atoms with Gasteiger partial charge in [-0.3, -0.25) is 0 Å². The van der Waals surface area contributed by atoms with Crippen LogP contribution in [0.3, 0.4) is 0 Å². The summed E-state index contributed by atoms with van der Waals surface area (Å²) in [6.07, 6.45) is 0. The summed E-state index contributed by atoms with van der Waals surface area (Å²) in [6.45, 7) is 0. The number of benzene rings is 11. The minimum Gasteiger partial charge on any atom is -0.456 e. The average Bonchev–Trinajstić information content (AvgIpc) is 3.97. The van der Waals surface area contributed by atoms with Crippen LogP contribution in [0.4, 0.5) is 17.1 Å². The van der Waals surface area contributed by atoms with Crippen molar-refractivity contribution < 1.29 is 4.42 Å². The minimum absolute atomic E-state index is 0.878. The van der Waals surface area contributed by atoms with E-state index in [1.165, 1.54) is 55.2 Å². The minimum atomic E-state index is 0.878. The van der Waals surface area contributed by atoms with E-state index in [0.717, 1.165) is 66.9 Å². The number of hydrogen-bond donors (Lipinski definition) is 0. The molecule has 0 unspecified atom stereocenters. The van der Waals surface area contributed by atoms with E-state index in [9.17, 15) is 0 Å². The van der Waals surface area contributed by atoms with Gasteiger partial charge >= 0.3 is 0 Å². The predicted octanol–water partition coefficient (Wildman–Crippen LogP) is 18.5. The summed E-state index contributed by atoms with van der Waals surface area (Å²) in [5.74, 6) is 0. The van der Waals surface area contributed by atoms with E-state index >= 15 is 0 Å². The first-order valence-corrected chi connectivity index (χ1v) is 23.6. The Balaban J connectivity index is 0.822. The Morgan fingerprint density at radius 2 is 0.623 bits per heavy atom. The highest BCUT2D eigenvalue weighted by atomic mass is 16.3. The fraction of sp³-hybridized carbons (Fsp3) is 0. The van der Waals surface area contributed by atoms with Crippen LogP contribution in [0.25, 0.3) is 105 Å². The normalized spacial score (nSPS) is 11.5. The maximum atomic E-state index is 6.55. The van der Waals surface area contributed by atoms with E-state index in [0.29, 0.717) is 0 Å². The lowest BCUT2D eigenvalue weighted by atomic mass is 9.99. The molecule has 0 N–H and O–H groups in total. The first kappa shape index (κ1) is 40.1. The van der Waals surface area contributed by atoms with Crippen molar-refractivity contribution in [1.29, 1.82) is 0 Å². The molecule has 11 aromatic carbocycles. The molecule has 3 heteroatoms. The van der Waals surface area contributed by atoms with Crippen LogP contribution in [0.5, 0.6) is 0 Å². The number of anilines is 3. The van der Waals surface area contributed by atoms with E-state index in [2.05, 4.69) is 270 Å². The molecule has 13 aromatic rings. The topological polar surface area (TPSA) is 21.3 Å². The lowest BCUT2D eigenvalue weighted by molar-refractivity contribution is 0.669. The van der Waals surface area contributed by atoms with Gasteiger partial charge in [-0.2, -0.15) is 0 Å². The van der Waals surface area contributed by atoms with Crippen LogP contribution in [0.2, 0.25) is 0 Å². The molecule has 0 saturated heterocycles. The molecule has 0 aliphatic rings. The van der Waals surface area contributed by atoms with Gasteiger partial charge in [0.1, 0.15) is 11.2 Å². The Labute approximate surface area is 401 Å². The summed E-state index contributed by atoms with van der Waals surface area (Å²) >= 11 is 0. The fourth-order valence-electron chi connectivity index (χ4n) is 10.2. The van der Waals surface area contributed by atoms with Crippen molar-refractivity contribution in [1.82, 2.24) is 4.57 Å². The molecule has 0 fully saturated rings. The zero-order valence-electron chi connectivity index (χ0n) is 37.7. The molecule has 69 heavy (non-hydrogen) atoms. The second-order valence-corrected chi connectivity index (χ2v) is 17.7. The summed E-state index contributed by atoms with van der Waals surface area (Å²) in [4.78, 5) is 2.35. The van der Waals surface area contributed by atoms with Gasteiger partial charge in [-0.05, 0) is 141 Å². The third-order valence-electron chi connectivity index (χ3n) is 13.6. The molecule has 0 radical (unpaired) electrons. The molecule has 0 amide bonds. The molecule has 0 spiro atoms. The Morgan fingerprint density at radius 1 is 0.246 bits per heavy atom. The first-order chi connectivity index (χ1) is 34.2. The van der Waals surface area contributed by atoms with Crippen molar-refractivity contribution in [2.24, 2.45) is 0 Å². The first-order valence-electron chi connectivity index (χ1n) is 23.6. The molecular weight excluding hydrogens is 837 g/mol. The Hall–Kier alpha value is -9.18. The van der Waals surface area contributed by atoms with Gasteiger partial charge in [0, 0.05) is 44.3 Å². The van der Waals surface area contributed by atoms with Crippen molar-refractivity contribution in [3.63, 3.8) is 0 Å². The largest absolute Gasteiger partial charge is 0.456 e. The van der Waals surface area contributed by atoms with Crippen LogP contribution in [0.1, 0.15) is 0 Å². The van der Waals surface area contributed by atoms with Crippen LogP contribution >= 0.6 is 0 Å². The Morgan fingerprint density at radius 3 is 1.17 bits per heavy atom. The number of furan rings is 1. The molecule has 0 saturated carbocycles. The van der Waals surface area contributed by atoms with Gasteiger partial charge < -0.3 is 13.9 Å². The van der Waals surface area contributed by atoms with Crippen LogP contribution < -0.4 is 4.90 Å². The Kier molecular flexibility index (Phi) is 9.84. The summed E-state index contributed by atoms with van der Waals surface area (Å²) in [6, 6.07) is 96.0. The molecule has 0 aliphatic carbocycles. The standard InChI is InChI=1S/C66H44N2O/c1-3-13-45(14-4-1)48-29-35-55(36-30-48)67(57-19-12-18-52(42-57)54-34-40-62-61-39-33-53(46-15-5-2-6-16-46)43-65(61)69-66(62)44-54)56-37-31-49(32-38-56)47-25-27-50(28-26-47)51-17-11-20-58(41-51)68-63-23-9-7-21-59(63)60-22-8-10-24-64(60)68/h1-44H. The highest BCUT2D eigenvalue weighted by molar-refractivity contribution is 6.09. The zero-order valence-corrected chi connectivity index (χ0v) is 37.7. The van der Waals surface area contributed by atoms with E-state index in [1.54, 1.807) is 0 Å². The van der Waals surface area contributed by atoms with E-state index in [1.807, 2.05) is 6.07 Å². The van der Waals surface area contributed by atoms with Gasteiger partial charge in [0.15, 0.2) is 0 Å². The molecule has 3 nitrogen and oxygen atoms in total. The summed E-state index contributed by atoms with van der Waals surface area (Å²) in [7, 11) is 0. The second kappa shape index (κ2) is 16.9. The van der Waals surface area contributed by atoms with Crippen molar-refractivity contribution in [3.8, 4) is 61.3 Å². The quantitative estimate of drug-likeness (QED) is 0.144. The number of hydrogen-bond acceptors (Lipinski definition) is 2. The lowest BCUT2D eigenvalue weighted by Crippen LogP contribution is -2.10. The molecule has 0 bridgehead atoms. The van der Waals surface area contributed by atoms with Crippen LogP contribution in [-0.4, -0.2) is 4.57 Å². The summed E-state index contributed by atoms with van der Waals surface area (Å²) in [5.41, 5.74) is 20.2. The van der Waals surface area contributed by atoms with Crippen molar-refractivity contribution in [3.05, 3.63) is 267 Å². The molecule has 324 valence electrons. The smallest absolute Gasteiger partial charge is 0.136 e. The van der Waals surface area contributed by atoms with E-state index in [-0.39, 0.29) is 0 Å². The van der Waals surface area contributed by atoms with Crippen LogP contribution in [0, 0.1) is 0 Å². The monoisotopic (exact) mass is 880 g/mol. The zero-order chi connectivity index (χ0) is 45.7. The number of nitrogens with zero attached hydrogens (tertiary/aromatic N) is 2. The van der Waals surface area contributed by atoms with Crippen LogP contribution in [0.15, 0.2) is 271 Å². The van der Waals surface area contributed by atoms with Gasteiger partial charge in [-0.1, -0.05) is 182 Å². The molecule has 2 heterocycles. The maximum Gasteiger partial charge on any atom is 0.136 e. The van der Waals surface area contributed by atoms with Gasteiger partial charge in [0.25, 0.3) is 0 Å². The van der Waals surface area contributed by atoms with Gasteiger partial charge in [-0.25, -0.2) is 0 Å². The maximum absolute atomic E-state index is 6.55. The second-order valence-electron chi connectivity index (χ2n) is 17.7. The van der Waals surface area contributed by atoms with Crippen LogP contribution in [-0.2, 0) is 0 Å². The molecule has 0 aliphatic heterocycles. The number of rotatable bonds is 9. The predicted molar refractivity (Wildman–Crippen MR) is 290 cm³/mol. The number of fused-ring (bicyclic) bond motifs is 6. The van der Waals surface area contributed by atoms with Gasteiger partial charge in [0.2, 0.25) is 0 Å². The van der Waals surface area contributed by atoms with Gasteiger partial charge in [0.05, 0.1) is 11.0 Å². The SMILES string of the molecule is c1ccc(-c2ccc(N(c3ccc(-c4ccc(-c5cccc(-n6c7ccccc7c7ccccc76)c5)cc4)cc3)c3cccc(-c4ccc5c(c4)oc4cc(-c6ccccc6)ccc45)c3)cc2)cc1. The molecular formula is C66H44N2O. The average molecular weight is 881 g/mol. The number of para-hydroxylation sites is 2. The highest BCUT2D eigenvalue weighted by Crippen LogP contribution is 2.41. The summed E-state index contributed by atoms with van der Waals surface area (Å²) < 4.78 is 8.93. The molecule has 13 rings (SSSR count).